The molecule has 0 spiro atoms. The first-order valence-electron chi connectivity index (χ1n) is 2.97. The molecule has 0 fully saturated rings. The van der Waals surface area contributed by atoms with E-state index in [2.05, 4.69) is 5.43 Å². The molecule has 0 aliphatic rings. The van der Waals surface area contributed by atoms with Crippen molar-refractivity contribution in [3.63, 3.8) is 0 Å². The molecule has 0 radical (unpaired) electrons. The Kier molecular flexibility index (Phi) is 8.16. The number of hydrazine groups is 1. The molecule has 0 aliphatic carbocycles. The summed E-state index contributed by atoms with van der Waals surface area (Å²) in [4.78, 5) is 0. The van der Waals surface area contributed by atoms with Crippen molar-refractivity contribution in [2.75, 3.05) is 12.5 Å². The Morgan fingerprint density at radius 1 is 1.33 bits per heavy atom. The predicted molar refractivity (Wildman–Crippen MR) is 55.3 cm³/mol. The van der Waals surface area contributed by atoms with Crippen molar-refractivity contribution in [2.24, 2.45) is 5.84 Å². The van der Waals surface area contributed by atoms with Crippen LogP contribution in [-0.4, -0.2) is 7.11 Å². The molecule has 0 aromatic heterocycles. The van der Waals surface area contributed by atoms with Crippen LogP contribution in [-0.2, 0) is 0 Å². The predicted octanol–water partition coefficient (Wildman–Crippen LogP) is 1.82. The first kappa shape index (κ1) is 13.9. The summed E-state index contributed by atoms with van der Waals surface area (Å²) >= 11 is 0. The molecule has 0 aliphatic heterocycles. The molecule has 5 heteroatoms. The van der Waals surface area contributed by atoms with Crippen LogP contribution in [0, 0.1) is 0 Å². The van der Waals surface area contributed by atoms with Gasteiger partial charge < -0.3 is 10.2 Å². The number of nitrogen functional groups attached to an aromatic ring is 1. The van der Waals surface area contributed by atoms with E-state index in [1.165, 1.54) is 0 Å². The average Bonchev–Trinajstić information content (AvgIpc) is 2.05. The zero-order chi connectivity index (χ0) is 7.40. The van der Waals surface area contributed by atoms with Crippen LogP contribution in [0.5, 0.6) is 5.75 Å². The van der Waals surface area contributed by atoms with Gasteiger partial charge in [0.2, 0.25) is 0 Å². The van der Waals surface area contributed by atoms with Crippen molar-refractivity contribution in [3.8, 4) is 5.75 Å². The fraction of sp³-hybridized carbons (Fsp3) is 0.143. The topological polar surface area (TPSA) is 47.3 Å². The Hall–Kier alpha value is -0.640. The second-order valence-electron chi connectivity index (χ2n) is 1.88. The van der Waals surface area contributed by atoms with E-state index in [1.807, 2.05) is 24.3 Å². The van der Waals surface area contributed by atoms with Crippen LogP contribution in [0.3, 0.4) is 0 Å². The minimum Gasteiger partial charge on any atom is -0.497 e. The fourth-order valence-corrected chi connectivity index (χ4v) is 0.713. The van der Waals surface area contributed by atoms with Gasteiger partial charge >= 0.3 is 0 Å². The van der Waals surface area contributed by atoms with Gasteiger partial charge in [-0.2, -0.15) is 0 Å². The molecule has 3 nitrogen and oxygen atoms in total. The number of rotatable bonds is 2. The fourth-order valence-electron chi connectivity index (χ4n) is 0.713. The van der Waals surface area contributed by atoms with Gasteiger partial charge in [-0.25, -0.2) is 0 Å². The highest BCUT2D eigenvalue weighted by Crippen LogP contribution is 2.14. The zero-order valence-electron chi connectivity index (χ0n) is 6.61. The molecule has 1 rings (SSSR count). The standard InChI is InChI=1S/C7H10N2O.2ClH/c1-10-7-4-2-3-6(5-7)9-8;;/h2-5,9H,8H2,1H3;2*1H. The molecule has 0 heterocycles. The van der Waals surface area contributed by atoms with Crippen LogP contribution in [0.4, 0.5) is 5.69 Å². The van der Waals surface area contributed by atoms with Crippen molar-refractivity contribution in [2.45, 2.75) is 0 Å². The number of hydrogen-bond acceptors (Lipinski definition) is 3. The summed E-state index contributed by atoms with van der Waals surface area (Å²) in [5.74, 6) is 5.97. The monoisotopic (exact) mass is 210 g/mol. The van der Waals surface area contributed by atoms with Gasteiger partial charge in [0, 0.05) is 6.07 Å². The summed E-state index contributed by atoms with van der Waals surface area (Å²) < 4.78 is 4.96. The third-order valence-electron chi connectivity index (χ3n) is 1.24. The van der Waals surface area contributed by atoms with Gasteiger partial charge in [0.25, 0.3) is 0 Å². The van der Waals surface area contributed by atoms with Gasteiger partial charge in [-0.15, -0.1) is 24.8 Å². The lowest BCUT2D eigenvalue weighted by molar-refractivity contribution is 0.415. The van der Waals surface area contributed by atoms with Crippen LogP contribution >= 0.6 is 24.8 Å². The molecule has 3 N–H and O–H groups in total. The molecule has 1 aromatic rings. The molecular formula is C7H12Cl2N2O. The quantitative estimate of drug-likeness (QED) is 0.579. The van der Waals surface area contributed by atoms with Gasteiger partial charge in [-0.3, -0.25) is 5.84 Å². The number of hydrogen-bond donors (Lipinski definition) is 2. The van der Waals surface area contributed by atoms with Crippen LogP contribution in [0.15, 0.2) is 24.3 Å². The number of ether oxygens (including phenoxy) is 1. The largest absolute Gasteiger partial charge is 0.497 e. The van der Waals surface area contributed by atoms with E-state index < -0.39 is 0 Å². The Balaban J connectivity index is 0. The number of anilines is 1. The van der Waals surface area contributed by atoms with Crippen LogP contribution in [0.2, 0.25) is 0 Å². The van der Waals surface area contributed by atoms with Gasteiger partial charge in [0.15, 0.2) is 0 Å². The lowest BCUT2D eigenvalue weighted by Gasteiger charge is -2.01. The van der Waals surface area contributed by atoms with E-state index in [1.54, 1.807) is 7.11 Å². The normalized spacial score (nSPS) is 7.50. The van der Waals surface area contributed by atoms with Gasteiger partial charge in [-0.05, 0) is 12.1 Å². The van der Waals surface area contributed by atoms with E-state index in [-0.39, 0.29) is 24.8 Å². The minimum atomic E-state index is 0. The summed E-state index contributed by atoms with van der Waals surface area (Å²) in [6, 6.07) is 7.41. The maximum Gasteiger partial charge on any atom is 0.120 e. The van der Waals surface area contributed by atoms with Crippen LogP contribution < -0.4 is 16.0 Å². The highest BCUT2D eigenvalue weighted by molar-refractivity contribution is 5.85. The van der Waals surface area contributed by atoms with E-state index >= 15 is 0 Å². The highest BCUT2D eigenvalue weighted by Gasteiger charge is 1.90. The van der Waals surface area contributed by atoms with Gasteiger partial charge in [-0.1, -0.05) is 6.07 Å². The Morgan fingerprint density at radius 2 is 2.00 bits per heavy atom. The molecule has 0 atom stereocenters. The van der Waals surface area contributed by atoms with E-state index in [0.29, 0.717) is 0 Å². The Labute approximate surface area is 84.1 Å². The lowest BCUT2D eigenvalue weighted by atomic mass is 10.3. The number of halogens is 2. The van der Waals surface area contributed by atoms with Gasteiger partial charge in [0.1, 0.15) is 5.75 Å². The molecule has 0 amide bonds. The van der Waals surface area contributed by atoms with Crippen molar-refractivity contribution >= 4 is 30.5 Å². The number of benzene rings is 1. The minimum absolute atomic E-state index is 0. The van der Waals surface area contributed by atoms with Gasteiger partial charge in [0.05, 0.1) is 12.8 Å². The van der Waals surface area contributed by atoms with Crippen molar-refractivity contribution in [1.29, 1.82) is 0 Å². The van der Waals surface area contributed by atoms with Crippen LogP contribution in [0.1, 0.15) is 0 Å². The van der Waals surface area contributed by atoms with Crippen molar-refractivity contribution in [3.05, 3.63) is 24.3 Å². The summed E-state index contributed by atoms with van der Waals surface area (Å²) in [5, 5.41) is 0. The summed E-state index contributed by atoms with van der Waals surface area (Å²) in [6.45, 7) is 0. The number of nitrogens with two attached hydrogens (primary N) is 1. The van der Waals surface area contributed by atoms with E-state index in [9.17, 15) is 0 Å². The molecule has 0 saturated carbocycles. The first-order chi connectivity index (χ1) is 4.86. The molecule has 70 valence electrons. The Morgan fingerprint density at radius 3 is 2.50 bits per heavy atom. The smallest absolute Gasteiger partial charge is 0.120 e. The summed E-state index contributed by atoms with van der Waals surface area (Å²) in [5.41, 5.74) is 3.37. The Bertz CT molecular complexity index is 201. The first-order valence-corrected chi connectivity index (χ1v) is 2.97. The molecule has 1 aromatic carbocycles. The maximum absolute atomic E-state index is 5.17. The summed E-state index contributed by atoms with van der Waals surface area (Å²) in [6.07, 6.45) is 0. The third-order valence-corrected chi connectivity index (χ3v) is 1.24. The van der Waals surface area contributed by atoms with Crippen LogP contribution in [0.25, 0.3) is 0 Å². The summed E-state index contributed by atoms with van der Waals surface area (Å²) in [7, 11) is 1.62. The van der Waals surface area contributed by atoms with E-state index in [4.69, 9.17) is 10.6 Å². The molecule has 12 heavy (non-hydrogen) atoms. The maximum atomic E-state index is 5.17. The highest BCUT2D eigenvalue weighted by atomic mass is 35.5. The van der Waals surface area contributed by atoms with E-state index in [0.717, 1.165) is 11.4 Å². The number of methoxy groups -OCH3 is 1. The molecular weight excluding hydrogens is 199 g/mol. The second-order valence-corrected chi connectivity index (χ2v) is 1.88. The molecule has 0 bridgehead atoms. The lowest BCUT2D eigenvalue weighted by Crippen LogP contribution is -2.06. The molecule has 0 unspecified atom stereocenters. The molecule has 0 saturated heterocycles. The number of nitrogens with one attached hydrogen (secondary N) is 1. The average molecular weight is 211 g/mol. The zero-order valence-corrected chi connectivity index (χ0v) is 8.24. The van der Waals surface area contributed by atoms with Crippen molar-refractivity contribution in [1.82, 2.24) is 0 Å². The van der Waals surface area contributed by atoms with Crippen molar-refractivity contribution < 1.29 is 4.74 Å². The third kappa shape index (κ3) is 3.67. The second kappa shape index (κ2) is 7.03. The SMILES string of the molecule is COc1cccc(NN)c1.Cl.Cl.